The van der Waals surface area contributed by atoms with Crippen LogP contribution in [0.3, 0.4) is 0 Å². The molecular formula is C13H11F2NO2S2. The van der Waals surface area contributed by atoms with Gasteiger partial charge in [-0.25, -0.2) is 17.2 Å². The van der Waals surface area contributed by atoms with E-state index in [9.17, 15) is 17.2 Å². The lowest BCUT2D eigenvalue weighted by atomic mass is 10.3. The van der Waals surface area contributed by atoms with Crippen molar-refractivity contribution in [3.8, 4) is 0 Å². The molecule has 106 valence electrons. The van der Waals surface area contributed by atoms with Gasteiger partial charge in [0, 0.05) is 11.2 Å². The van der Waals surface area contributed by atoms with Crippen molar-refractivity contribution >= 4 is 27.3 Å². The topological polar surface area (TPSA) is 60.2 Å². The monoisotopic (exact) mass is 315 g/mol. The highest BCUT2D eigenvalue weighted by molar-refractivity contribution is 7.99. The van der Waals surface area contributed by atoms with Gasteiger partial charge < -0.3 is 5.73 Å². The Labute approximate surface area is 119 Å². The molecule has 0 heterocycles. The van der Waals surface area contributed by atoms with E-state index >= 15 is 0 Å². The van der Waals surface area contributed by atoms with E-state index in [4.69, 9.17) is 5.73 Å². The number of nitrogen functional groups attached to an aromatic ring is 1. The largest absolute Gasteiger partial charge is 0.397 e. The second kappa shape index (κ2) is 5.41. The number of hydrogen-bond donors (Lipinski definition) is 1. The van der Waals surface area contributed by atoms with Gasteiger partial charge in [0.15, 0.2) is 9.84 Å². The van der Waals surface area contributed by atoms with E-state index in [2.05, 4.69) is 0 Å². The van der Waals surface area contributed by atoms with Crippen molar-refractivity contribution in [2.24, 2.45) is 0 Å². The van der Waals surface area contributed by atoms with E-state index < -0.39 is 21.5 Å². The molecule has 3 nitrogen and oxygen atoms in total. The predicted octanol–water partition coefficient (Wildman–Crippen LogP) is 3.10. The van der Waals surface area contributed by atoms with Crippen LogP contribution in [-0.2, 0) is 9.84 Å². The van der Waals surface area contributed by atoms with Crippen molar-refractivity contribution in [1.29, 1.82) is 0 Å². The zero-order valence-corrected chi connectivity index (χ0v) is 12.1. The molecule has 7 heteroatoms. The summed E-state index contributed by atoms with van der Waals surface area (Å²) in [5.74, 6) is -1.17. The Balaban J connectivity index is 2.47. The summed E-state index contributed by atoms with van der Waals surface area (Å²) in [5.41, 5.74) is 5.82. The summed E-state index contributed by atoms with van der Waals surface area (Å²) < 4.78 is 49.8. The normalized spacial score (nSPS) is 11.6. The van der Waals surface area contributed by atoms with E-state index in [-0.39, 0.29) is 15.5 Å². The second-order valence-electron chi connectivity index (χ2n) is 4.12. The van der Waals surface area contributed by atoms with Gasteiger partial charge in [0.1, 0.15) is 11.6 Å². The van der Waals surface area contributed by atoms with Crippen LogP contribution in [0.5, 0.6) is 0 Å². The fourth-order valence-corrected chi connectivity index (χ4v) is 3.45. The van der Waals surface area contributed by atoms with Gasteiger partial charge in [0.2, 0.25) is 0 Å². The third-order valence-corrected chi connectivity index (χ3v) is 4.80. The Morgan fingerprint density at radius 1 is 1.10 bits per heavy atom. The van der Waals surface area contributed by atoms with Crippen molar-refractivity contribution in [3.63, 3.8) is 0 Å². The number of sulfone groups is 1. The summed E-state index contributed by atoms with van der Waals surface area (Å²) in [4.78, 5) is 0.374. The summed E-state index contributed by atoms with van der Waals surface area (Å²) in [7, 11) is -3.47. The van der Waals surface area contributed by atoms with Crippen molar-refractivity contribution in [2.45, 2.75) is 14.7 Å². The third-order valence-electron chi connectivity index (χ3n) is 2.54. The molecule has 0 saturated carbocycles. The molecule has 0 aromatic heterocycles. The number of anilines is 1. The summed E-state index contributed by atoms with van der Waals surface area (Å²) in [6.45, 7) is 0. The molecular weight excluding hydrogens is 304 g/mol. The van der Waals surface area contributed by atoms with Crippen LogP contribution in [0.15, 0.2) is 51.1 Å². The van der Waals surface area contributed by atoms with Gasteiger partial charge in [-0.05, 0) is 30.3 Å². The van der Waals surface area contributed by atoms with Crippen LogP contribution in [0.25, 0.3) is 0 Å². The van der Waals surface area contributed by atoms with Crippen molar-refractivity contribution in [2.75, 3.05) is 12.0 Å². The first-order valence-electron chi connectivity index (χ1n) is 5.50. The number of hydrogen-bond acceptors (Lipinski definition) is 4. The molecule has 0 spiro atoms. The maximum Gasteiger partial charge on any atom is 0.177 e. The van der Waals surface area contributed by atoms with Gasteiger partial charge in [0.25, 0.3) is 0 Å². The van der Waals surface area contributed by atoms with Gasteiger partial charge in [-0.2, -0.15) is 0 Å². The van der Waals surface area contributed by atoms with Crippen LogP contribution in [0, 0.1) is 11.6 Å². The smallest absolute Gasteiger partial charge is 0.177 e. The third kappa shape index (κ3) is 3.10. The average Bonchev–Trinajstić information content (AvgIpc) is 2.35. The average molecular weight is 315 g/mol. The molecule has 0 saturated heterocycles. The van der Waals surface area contributed by atoms with Gasteiger partial charge in [-0.15, -0.1) is 0 Å². The zero-order valence-electron chi connectivity index (χ0n) is 10.4. The van der Waals surface area contributed by atoms with Crippen molar-refractivity contribution < 1.29 is 17.2 Å². The summed E-state index contributed by atoms with van der Waals surface area (Å²) in [5, 5.41) is 0. The fourth-order valence-electron chi connectivity index (χ4n) is 1.61. The summed E-state index contributed by atoms with van der Waals surface area (Å²) >= 11 is 0.881. The van der Waals surface area contributed by atoms with Gasteiger partial charge in [-0.3, -0.25) is 0 Å². The SMILES string of the molecule is CS(=O)(=O)c1cccc(Sc2cc(F)ccc2F)c1N. The number of halogens is 2. The molecule has 0 radical (unpaired) electrons. The first kappa shape index (κ1) is 14.8. The highest BCUT2D eigenvalue weighted by atomic mass is 32.2. The Kier molecular flexibility index (Phi) is 4.01. The van der Waals surface area contributed by atoms with Crippen molar-refractivity contribution in [3.05, 3.63) is 48.0 Å². The van der Waals surface area contributed by atoms with Gasteiger partial charge in [-0.1, -0.05) is 17.8 Å². The lowest BCUT2D eigenvalue weighted by Gasteiger charge is -2.10. The lowest BCUT2D eigenvalue weighted by Crippen LogP contribution is -2.03. The minimum absolute atomic E-state index is 0.0284. The van der Waals surface area contributed by atoms with Crippen LogP contribution in [0.4, 0.5) is 14.5 Å². The molecule has 2 N–H and O–H groups in total. The number of para-hydroxylation sites is 1. The van der Waals surface area contributed by atoms with Crippen LogP contribution in [0.2, 0.25) is 0 Å². The molecule has 0 unspecified atom stereocenters. The van der Waals surface area contributed by atoms with Gasteiger partial charge >= 0.3 is 0 Å². The zero-order chi connectivity index (χ0) is 14.9. The van der Waals surface area contributed by atoms with E-state index in [1.807, 2.05) is 0 Å². The number of benzene rings is 2. The maximum atomic E-state index is 13.6. The highest BCUT2D eigenvalue weighted by Gasteiger charge is 2.16. The lowest BCUT2D eigenvalue weighted by molar-refractivity contribution is 0.577. The molecule has 0 aliphatic rings. The van der Waals surface area contributed by atoms with Crippen LogP contribution in [0.1, 0.15) is 0 Å². The summed E-state index contributed by atoms with van der Waals surface area (Å²) in [6.07, 6.45) is 1.04. The molecule has 0 amide bonds. The van der Waals surface area contributed by atoms with Crippen LogP contribution < -0.4 is 5.73 Å². The Morgan fingerprint density at radius 2 is 1.80 bits per heavy atom. The molecule has 20 heavy (non-hydrogen) atoms. The molecule has 2 aromatic rings. The standard InChI is InChI=1S/C13H11F2NO2S2/c1-20(17,18)12-4-2-3-10(13(12)16)19-11-7-8(14)5-6-9(11)15/h2-7H,16H2,1H3. The van der Waals surface area contributed by atoms with Crippen LogP contribution >= 0.6 is 11.8 Å². The minimum atomic E-state index is -3.47. The summed E-state index contributed by atoms with van der Waals surface area (Å²) in [6, 6.07) is 7.48. The van der Waals surface area contributed by atoms with Crippen LogP contribution in [-0.4, -0.2) is 14.7 Å². The maximum absolute atomic E-state index is 13.6. The fraction of sp³-hybridized carbons (Fsp3) is 0.0769. The Morgan fingerprint density at radius 3 is 2.45 bits per heavy atom. The quantitative estimate of drug-likeness (QED) is 0.884. The number of rotatable bonds is 3. The highest BCUT2D eigenvalue weighted by Crippen LogP contribution is 2.36. The first-order valence-corrected chi connectivity index (χ1v) is 8.21. The Hall–Kier alpha value is -1.60. The van der Waals surface area contributed by atoms with E-state index in [1.165, 1.54) is 12.1 Å². The second-order valence-corrected chi connectivity index (χ2v) is 7.18. The molecule has 2 rings (SSSR count). The Bertz CT molecular complexity index is 761. The number of nitrogens with two attached hydrogens (primary N) is 1. The molecule has 2 aromatic carbocycles. The van der Waals surface area contributed by atoms with E-state index in [1.54, 1.807) is 6.07 Å². The first-order chi connectivity index (χ1) is 9.29. The molecule has 0 aliphatic heterocycles. The van der Waals surface area contributed by atoms with E-state index in [0.29, 0.717) is 4.90 Å². The minimum Gasteiger partial charge on any atom is -0.397 e. The molecule has 0 aliphatic carbocycles. The molecule has 0 bridgehead atoms. The van der Waals surface area contributed by atoms with Gasteiger partial charge in [0.05, 0.1) is 15.5 Å². The van der Waals surface area contributed by atoms with E-state index in [0.717, 1.165) is 36.2 Å². The molecule has 0 fully saturated rings. The molecule has 0 atom stereocenters. The predicted molar refractivity (Wildman–Crippen MR) is 74.4 cm³/mol. The van der Waals surface area contributed by atoms with Crippen molar-refractivity contribution in [1.82, 2.24) is 0 Å².